The smallest absolute Gasteiger partial charge is 0.176 e. The van der Waals surface area contributed by atoms with Gasteiger partial charge in [-0.1, -0.05) is 43.0 Å². The third-order valence-electron chi connectivity index (χ3n) is 3.74. The fourth-order valence-electron chi connectivity index (χ4n) is 2.63. The number of carbonyl (C=O) groups excluding carboxylic acids is 1. The van der Waals surface area contributed by atoms with E-state index in [1.807, 2.05) is 12.1 Å². The molecule has 0 aliphatic heterocycles. The second-order valence-corrected chi connectivity index (χ2v) is 5.58. The van der Waals surface area contributed by atoms with E-state index in [4.69, 9.17) is 11.6 Å². The molecule has 0 bridgehead atoms. The first-order valence-electron chi connectivity index (χ1n) is 6.66. The molecule has 0 aromatic heterocycles. The Kier molecular flexibility index (Phi) is 4.79. The highest BCUT2D eigenvalue weighted by molar-refractivity contribution is 6.31. The zero-order chi connectivity index (χ0) is 13.0. The lowest BCUT2D eigenvalue weighted by atomic mass is 9.94. The largest absolute Gasteiger partial charge is 0.296 e. The number of rotatable bonds is 4. The molecule has 0 heterocycles. The van der Waals surface area contributed by atoms with Gasteiger partial charge in [-0.2, -0.15) is 0 Å². The lowest BCUT2D eigenvalue weighted by Crippen LogP contribution is -2.37. The monoisotopic (exact) mass is 265 g/mol. The summed E-state index contributed by atoms with van der Waals surface area (Å²) < 4.78 is 0. The number of likely N-dealkylation sites (N-methyl/N-ethyl adjacent to an activating group) is 1. The summed E-state index contributed by atoms with van der Waals surface area (Å²) in [5, 5.41) is 0.626. The zero-order valence-corrected chi connectivity index (χ0v) is 11.6. The second kappa shape index (κ2) is 6.35. The molecule has 0 atom stereocenters. The topological polar surface area (TPSA) is 20.3 Å². The van der Waals surface area contributed by atoms with E-state index in [0.717, 1.165) is 0 Å². The van der Waals surface area contributed by atoms with Gasteiger partial charge < -0.3 is 0 Å². The lowest BCUT2D eigenvalue weighted by molar-refractivity contribution is 0.0899. The molecule has 2 nitrogen and oxygen atoms in total. The van der Waals surface area contributed by atoms with Gasteiger partial charge >= 0.3 is 0 Å². The lowest BCUT2D eigenvalue weighted by Gasteiger charge is -2.30. The zero-order valence-electron chi connectivity index (χ0n) is 10.9. The summed E-state index contributed by atoms with van der Waals surface area (Å²) >= 11 is 5.91. The standard InChI is InChI=1S/C15H20ClNO/c1-17(14-8-3-2-4-9-14)11-15(18)12-6-5-7-13(16)10-12/h5-7,10,14H,2-4,8-9,11H2,1H3. The molecular formula is C15H20ClNO. The Morgan fingerprint density at radius 1 is 1.33 bits per heavy atom. The molecule has 3 heteroatoms. The SMILES string of the molecule is CN(CC(=O)c1cccc(Cl)c1)C1CCCCC1. The molecule has 0 N–H and O–H groups in total. The molecule has 1 aliphatic rings. The summed E-state index contributed by atoms with van der Waals surface area (Å²) in [4.78, 5) is 14.3. The van der Waals surface area contributed by atoms with Crippen LogP contribution < -0.4 is 0 Å². The number of nitrogens with zero attached hydrogens (tertiary/aromatic N) is 1. The Labute approximate surface area is 114 Å². The first-order valence-corrected chi connectivity index (χ1v) is 7.03. The van der Waals surface area contributed by atoms with E-state index >= 15 is 0 Å². The molecule has 1 aliphatic carbocycles. The van der Waals surface area contributed by atoms with Crippen molar-refractivity contribution in [3.8, 4) is 0 Å². The van der Waals surface area contributed by atoms with E-state index in [0.29, 0.717) is 23.2 Å². The van der Waals surface area contributed by atoms with E-state index in [1.165, 1.54) is 32.1 Å². The number of ketones is 1. The van der Waals surface area contributed by atoms with Gasteiger partial charge in [-0.25, -0.2) is 0 Å². The average Bonchev–Trinajstić information content (AvgIpc) is 2.39. The van der Waals surface area contributed by atoms with Crippen molar-refractivity contribution in [3.63, 3.8) is 0 Å². The predicted octanol–water partition coefficient (Wildman–Crippen LogP) is 3.79. The van der Waals surface area contributed by atoms with Gasteiger partial charge in [-0.3, -0.25) is 9.69 Å². The molecule has 98 valence electrons. The molecule has 0 spiro atoms. The summed E-state index contributed by atoms with van der Waals surface area (Å²) in [7, 11) is 2.05. The maximum absolute atomic E-state index is 12.1. The van der Waals surface area contributed by atoms with Crippen LogP contribution in [0.15, 0.2) is 24.3 Å². The molecule has 1 aromatic rings. The van der Waals surface area contributed by atoms with Crippen molar-refractivity contribution in [2.24, 2.45) is 0 Å². The van der Waals surface area contributed by atoms with E-state index in [2.05, 4.69) is 11.9 Å². The fraction of sp³-hybridized carbons (Fsp3) is 0.533. The Hall–Kier alpha value is -0.860. The summed E-state index contributed by atoms with van der Waals surface area (Å²) in [6.45, 7) is 0.491. The van der Waals surface area contributed by atoms with Crippen LogP contribution in [0.5, 0.6) is 0 Å². The highest BCUT2D eigenvalue weighted by atomic mass is 35.5. The highest BCUT2D eigenvalue weighted by Gasteiger charge is 2.20. The van der Waals surface area contributed by atoms with Crippen LogP contribution in [0.4, 0.5) is 0 Å². The molecule has 18 heavy (non-hydrogen) atoms. The number of benzene rings is 1. The maximum Gasteiger partial charge on any atom is 0.176 e. The third-order valence-corrected chi connectivity index (χ3v) is 3.97. The van der Waals surface area contributed by atoms with Crippen molar-refractivity contribution >= 4 is 17.4 Å². The minimum Gasteiger partial charge on any atom is -0.296 e. The van der Waals surface area contributed by atoms with Gasteiger partial charge in [0, 0.05) is 16.6 Å². The summed E-state index contributed by atoms with van der Waals surface area (Å²) in [5.41, 5.74) is 0.713. The normalized spacial score (nSPS) is 17.1. The van der Waals surface area contributed by atoms with Gasteiger partial charge in [0.05, 0.1) is 6.54 Å². The minimum absolute atomic E-state index is 0.158. The summed E-state index contributed by atoms with van der Waals surface area (Å²) in [6.07, 6.45) is 6.37. The van der Waals surface area contributed by atoms with Crippen LogP contribution in [-0.4, -0.2) is 30.3 Å². The maximum atomic E-state index is 12.1. The number of hydrogen-bond donors (Lipinski definition) is 0. The van der Waals surface area contributed by atoms with Crippen LogP contribution in [0, 0.1) is 0 Å². The van der Waals surface area contributed by atoms with Gasteiger partial charge in [-0.15, -0.1) is 0 Å². The van der Waals surface area contributed by atoms with Crippen molar-refractivity contribution in [1.29, 1.82) is 0 Å². The van der Waals surface area contributed by atoms with Crippen molar-refractivity contribution < 1.29 is 4.79 Å². The second-order valence-electron chi connectivity index (χ2n) is 5.14. The van der Waals surface area contributed by atoms with Crippen LogP contribution in [-0.2, 0) is 0 Å². The molecule has 0 radical (unpaired) electrons. The van der Waals surface area contributed by atoms with Crippen LogP contribution in [0.3, 0.4) is 0 Å². The van der Waals surface area contributed by atoms with Gasteiger partial charge in [0.1, 0.15) is 0 Å². The third kappa shape index (κ3) is 3.56. The van der Waals surface area contributed by atoms with E-state index in [-0.39, 0.29) is 5.78 Å². The Morgan fingerprint density at radius 2 is 2.06 bits per heavy atom. The van der Waals surface area contributed by atoms with E-state index < -0.39 is 0 Å². The van der Waals surface area contributed by atoms with Crippen molar-refractivity contribution in [3.05, 3.63) is 34.9 Å². The van der Waals surface area contributed by atoms with Gasteiger partial charge in [0.2, 0.25) is 0 Å². The molecule has 0 amide bonds. The summed E-state index contributed by atoms with van der Waals surface area (Å²) in [6, 6.07) is 7.78. The van der Waals surface area contributed by atoms with Crippen molar-refractivity contribution in [2.75, 3.05) is 13.6 Å². The van der Waals surface area contributed by atoms with Crippen LogP contribution in [0.1, 0.15) is 42.5 Å². The number of hydrogen-bond acceptors (Lipinski definition) is 2. The van der Waals surface area contributed by atoms with Crippen molar-refractivity contribution in [2.45, 2.75) is 38.1 Å². The number of Topliss-reactive ketones (excluding diaryl/α,β-unsaturated/α-hetero) is 1. The van der Waals surface area contributed by atoms with E-state index in [1.54, 1.807) is 12.1 Å². The number of halogens is 1. The molecule has 0 saturated heterocycles. The molecule has 1 fully saturated rings. The quantitative estimate of drug-likeness (QED) is 0.772. The van der Waals surface area contributed by atoms with Crippen LogP contribution in [0.2, 0.25) is 5.02 Å². The Morgan fingerprint density at radius 3 is 2.72 bits per heavy atom. The first-order chi connectivity index (χ1) is 8.66. The highest BCUT2D eigenvalue weighted by Crippen LogP contribution is 2.22. The Bertz CT molecular complexity index is 413. The summed E-state index contributed by atoms with van der Waals surface area (Å²) in [5.74, 6) is 0.158. The fourth-order valence-corrected chi connectivity index (χ4v) is 2.82. The molecular weight excluding hydrogens is 246 g/mol. The molecule has 0 unspecified atom stereocenters. The first kappa shape index (κ1) is 13.6. The van der Waals surface area contributed by atoms with E-state index in [9.17, 15) is 4.79 Å². The minimum atomic E-state index is 0.158. The molecule has 1 saturated carbocycles. The van der Waals surface area contributed by atoms with Gasteiger partial charge in [0.25, 0.3) is 0 Å². The van der Waals surface area contributed by atoms with Crippen molar-refractivity contribution in [1.82, 2.24) is 4.90 Å². The Balaban J connectivity index is 1.94. The van der Waals surface area contributed by atoms with Crippen LogP contribution in [0.25, 0.3) is 0 Å². The van der Waals surface area contributed by atoms with Gasteiger partial charge in [0.15, 0.2) is 5.78 Å². The van der Waals surface area contributed by atoms with Gasteiger partial charge in [-0.05, 0) is 32.0 Å². The average molecular weight is 266 g/mol. The predicted molar refractivity (Wildman–Crippen MR) is 75.3 cm³/mol. The number of carbonyl (C=O) groups is 1. The van der Waals surface area contributed by atoms with Crippen LogP contribution >= 0.6 is 11.6 Å². The molecule has 1 aromatic carbocycles. The molecule has 2 rings (SSSR count).